The molecule has 67 heavy (non-hydrogen) atoms. The fourth-order valence-electron chi connectivity index (χ4n) is 11.4. The van der Waals surface area contributed by atoms with E-state index >= 15 is 0 Å². The molecule has 5 unspecified atom stereocenters. The number of carbonyl (C=O) groups excluding carboxylic acids is 1. The molecule has 1 amide bonds. The van der Waals surface area contributed by atoms with Crippen molar-refractivity contribution in [3.63, 3.8) is 0 Å². The van der Waals surface area contributed by atoms with E-state index in [1.54, 1.807) is 0 Å². The maximum atomic E-state index is 13.9. The number of hydrogen-bond acceptors (Lipinski definition) is 9. The summed E-state index contributed by atoms with van der Waals surface area (Å²) in [5.41, 5.74) is 7.83. The molecule has 13 heteroatoms. The van der Waals surface area contributed by atoms with E-state index in [1.165, 1.54) is 30.4 Å². The maximum absolute atomic E-state index is 13.9. The van der Waals surface area contributed by atoms with Gasteiger partial charge in [0.15, 0.2) is 5.65 Å². The van der Waals surface area contributed by atoms with E-state index in [9.17, 15) is 4.79 Å². The summed E-state index contributed by atoms with van der Waals surface area (Å²) >= 11 is 0. The Morgan fingerprint density at radius 1 is 0.955 bits per heavy atom. The molecule has 2 fully saturated rings. The van der Waals surface area contributed by atoms with Gasteiger partial charge < -0.3 is 29.0 Å². The predicted molar refractivity (Wildman–Crippen MR) is 272 cm³/mol. The average molecular weight is 931 g/mol. The highest BCUT2D eigenvalue weighted by atomic mass is 28.4. The number of hydrogen-bond donors (Lipinski definition) is 1. The zero-order valence-corrected chi connectivity index (χ0v) is 43.6. The Morgan fingerprint density at radius 3 is 2.43 bits per heavy atom. The highest BCUT2D eigenvalue weighted by Gasteiger charge is 2.67. The zero-order chi connectivity index (χ0) is 47.8. The maximum Gasteiger partial charge on any atom is 0.232 e. The number of nitrogens with one attached hydrogen (secondary N) is 1. The number of fused-ring (bicyclic) bond motifs is 2. The Bertz CT molecular complexity index is 2490. The van der Waals surface area contributed by atoms with Crippen molar-refractivity contribution in [3.8, 4) is 17.2 Å². The summed E-state index contributed by atoms with van der Waals surface area (Å²) in [6, 6.07) is 21.5. The summed E-state index contributed by atoms with van der Waals surface area (Å²) in [5, 5.41) is 17.4. The van der Waals surface area contributed by atoms with E-state index in [0.717, 1.165) is 78.8 Å². The minimum absolute atomic E-state index is 0.0160. The second kappa shape index (κ2) is 19.7. The smallest absolute Gasteiger partial charge is 0.232 e. The van der Waals surface area contributed by atoms with Crippen LogP contribution < -0.4 is 19.7 Å². The SMILES string of the molecule is CC1CCCCN1c1nnc2ccc(OC3CCC(CCCC(=O)Nc4cc(C(C)(C)C)nn4-c4ccc(CO[Si]5(C(C)C)C(C)C(C)(C)C5C)c(OCCN(C)C)c4)c4ccccc43)cn12. The van der Waals surface area contributed by atoms with Crippen LogP contribution in [0.15, 0.2) is 66.9 Å². The van der Waals surface area contributed by atoms with E-state index in [-0.39, 0.29) is 22.8 Å². The molecule has 2 aromatic carbocycles. The van der Waals surface area contributed by atoms with Crippen LogP contribution in [0.5, 0.6) is 11.5 Å². The molecule has 3 aromatic heterocycles. The van der Waals surface area contributed by atoms with Gasteiger partial charge in [-0.15, -0.1) is 10.2 Å². The Labute approximate surface area is 401 Å². The number of amides is 1. The number of aromatic nitrogens is 5. The van der Waals surface area contributed by atoms with Crippen LogP contribution in [0, 0.1) is 5.41 Å². The van der Waals surface area contributed by atoms with Gasteiger partial charge in [-0.25, -0.2) is 4.68 Å². The molecule has 2 aliphatic heterocycles. The molecule has 5 heterocycles. The van der Waals surface area contributed by atoms with Gasteiger partial charge in [0.2, 0.25) is 20.2 Å². The molecule has 1 aliphatic carbocycles. The molecule has 3 aliphatic rings. The quantitative estimate of drug-likeness (QED) is 0.0911. The van der Waals surface area contributed by atoms with Crippen LogP contribution in [0.4, 0.5) is 11.8 Å². The third kappa shape index (κ3) is 9.93. The van der Waals surface area contributed by atoms with Crippen LogP contribution >= 0.6 is 0 Å². The van der Waals surface area contributed by atoms with Crippen molar-refractivity contribution in [1.82, 2.24) is 29.3 Å². The van der Waals surface area contributed by atoms with Crippen LogP contribution in [0.25, 0.3) is 11.3 Å². The number of likely N-dealkylation sites (N-methyl/N-ethyl adjacent to an activating group) is 1. The average Bonchev–Trinajstić information content (AvgIpc) is 3.92. The van der Waals surface area contributed by atoms with Crippen molar-refractivity contribution < 1.29 is 18.7 Å². The summed E-state index contributed by atoms with van der Waals surface area (Å²) in [6.07, 6.45) is 9.59. The van der Waals surface area contributed by atoms with Gasteiger partial charge in [0.25, 0.3) is 0 Å². The molecule has 5 aromatic rings. The van der Waals surface area contributed by atoms with Crippen molar-refractivity contribution >= 4 is 31.6 Å². The largest absolute Gasteiger partial charge is 0.492 e. The van der Waals surface area contributed by atoms with Gasteiger partial charge in [-0.1, -0.05) is 92.6 Å². The highest BCUT2D eigenvalue weighted by Crippen LogP contribution is 2.68. The predicted octanol–water partition coefficient (Wildman–Crippen LogP) is 12.0. The van der Waals surface area contributed by atoms with Gasteiger partial charge in [0.05, 0.1) is 24.2 Å². The van der Waals surface area contributed by atoms with Crippen molar-refractivity contribution in [2.75, 3.05) is 44.0 Å². The van der Waals surface area contributed by atoms with Crippen LogP contribution in [0.3, 0.4) is 0 Å². The second-order valence-electron chi connectivity index (χ2n) is 22.2. The molecular formula is C54H78N8O4Si. The van der Waals surface area contributed by atoms with E-state index in [4.69, 9.17) is 19.0 Å². The Morgan fingerprint density at radius 2 is 1.72 bits per heavy atom. The summed E-state index contributed by atoms with van der Waals surface area (Å²) in [7, 11) is 2.07. The third-order valence-corrected chi connectivity index (χ3v) is 22.7. The monoisotopic (exact) mass is 931 g/mol. The molecule has 0 radical (unpaired) electrons. The molecule has 2 saturated heterocycles. The Balaban J connectivity index is 0.944. The normalized spacial score (nSPS) is 23.9. The first-order valence-electron chi connectivity index (χ1n) is 25.2. The van der Waals surface area contributed by atoms with Crippen molar-refractivity contribution in [1.29, 1.82) is 0 Å². The minimum atomic E-state index is -2.05. The number of pyridine rings is 1. The number of ether oxygens (including phenoxy) is 2. The minimum Gasteiger partial charge on any atom is -0.492 e. The van der Waals surface area contributed by atoms with E-state index in [0.29, 0.717) is 54.0 Å². The van der Waals surface area contributed by atoms with E-state index < -0.39 is 8.32 Å². The van der Waals surface area contributed by atoms with Crippen molar-refractivity contribution in [3.05, 3.63) is 89.2 Å². The lowest BCUT2D eigenvalue weighted by Crippen LogP contribution is -2.66. The van der Waals surface area contributed by atoms with Crippen molar-refractivity contribution in [2.24, 2.45) is 5.41 Å². The number of piperidine rings is 1. The summed E-state index contributed by atoms with van der Waals surface area (Å²) < 4.78 is 24.4. The Kier molecular flexibility index (Phi) is 14.3. The van der Waals surface area contributed by atoms with Gasteiger partial charge in [-0.2, -0.15) is 5.10 Å². The standard InChI is InChI=1S/C54H78N8O4Si/c1-36(2)67(38(4)54(9,10)39(67)5)65-35-41-23-25-42(32-47(41)64-31-30-59(11)12)62-50(33-48(58-62)53(6,7)8)55-51(63)22-17-19-40-24-27-46(45-21-14-13-20-44(40)45)66-43-26-28-49-56-57-52(61(49)34-43)60-29-16-15-18-37(60)3/h13-14,20-21,23,25-26,28,32-34,36-40,46H,15-19,22,24,27,29-31,35H2,1-12H3,(H,55,63). The van der Waals surface area contributed by atoms with Crippen LogP contribution in [0.1, 0.15) is 155 Å². The third-order valence-electron chi connectivity index (χ3n) is 16.0. The molecule has 0 bridgehead atoms. The van der Waals surface area contributed by atoms with Crippen LogP contribution in [-0.2, 0) is 21.2 Å². The number of benzene rings is 2. The molecule has 5 atom stereocenters. The molecule has 12 nitrogen and oxygen atoms in total. The highest BCUT2D eigenvalue weighted by molar-refractivity contribution is 6.81. The fraction of sp³-hybridized carbons (Fsp3) is 0.593. The van der Waals surface area contributed by atoms with E-state index in [1.807, 2.05) is 22.9 Å². The number of rotatable bonds is 17. The molecule has 0 spiro atoms. The van der Waals surface area contributed by atoms with Gasteiger partial charge in [0, 0.05) is 48.7 Å². The zero-order valence-electron chi connectivity index (χ0n) is 42.6. The molecule has 8 rings (SSSR count). The number of anilines is 2. The first-order valence-corrected chi connectivity index (χ1v) is 27.3. The number of nitrogens with zero attached hydrogens (tertiary/aromatic N) is 7. The molecular weight excluding hydrogens is 853 g/mol. The van der Waals surface area contributed by atoms with Gasteiger partial charge in [-0.3, -0.25) is 9.20 Å². The van der Waals surface area contributed by atoms with Crippen molar-refractivity contribution in [2.45, 2.75) is 167 Å². The Hall–Kier alpha value is -4.72. The fourth-order valence-corrected chi connectivity index (χ4v) is 17.9. The molecule has 1 N–H and O–H groups in total. The van der Waals surface area contributed by atoms with E-state index in [2.05, 4.69) is 162 Å². The number of carbonyl (C=O) groups is 1. The summed E-state index contributed by atoms with van der Waals surface area (Å²) in [5.74, 6) is 3.50. The van der Waals surface area contributed by atoms with Gasteiger partial charge in [-0.05, 0) is 123 Å². The van der Waals surface area contributed by atoms with Gasteiger partial charge in [0.1, 0.15) is 30.0 Å². The lowest BCUT2D eigenvalue weighted by Gasteiger charge is -2.64. The lowest BCUT2D eigenvalue weighted by molar-refractivity contribution is -0.116. The molecule has 0 saturated carbocycles. The first-order chi connectivity index (χ1) is 31.9. The van der Waals surface area contributed by atoms with Crippen LogP contribution in [0.2, 0.25) is 16.6 Å². The van der Waals surface area contributed by atoms with Crippen LogP contribution in [-0.4, -0.2) is 83.3 Å². The lowest BCUT2D eigenvalue weighted by atomic mass is 9.79. The van der Waals surface area contributed by atoms with Gasteiger partial charge >= 0.3 is 0 Å². The first kappa shape index (κ1) is 48.7. The topological polar surface area (TPSA) is 111 Å². The molecule has 362 valence electrons. The summed E-state index contributed by atoms with van der Waals surface area (Å²) in [6.45, 7) is 25.9. The second-order valence-corrected chi connectivity index (χ2v) is 27.0. The summed E-state index contributed by atoms with van der Waals surface area (Å²) in [4.78, 5) is 18.4.